The lowest BCUT2D eigenvalue weighted by atomic mass is 10.0. The van der Waals surface area contributed by atoms with E-state index in [-0.39, 0.29) is 11.7 Å². The van der Waals surface area contributed by atoms with E-state index in [1.54, 1.807) is 13.2 Å². The third-order valence-corrected chi connectivity index (χ3v) is 5.26. The second kappa shape index (κ2) is 8.24. The average Bonchev–Trinajstić information content (AvgIpc) is 3.14. The molecule has 0 unspecified atom stereocenters. The number of halogens is 1. The highest BCUT2D eigenvalue weighted by Gasteiger charge is 2.15. The first-order chi connectivity index (χ1) is 14.1. The summed E-state index contributed by atoms with van der Waals surface area (Å²) >= 11 is 1.24. The number of carbonyl (C=O) groups excluding carboxylic acids is 1. The number of nitrogens with one attached hydrogen (secondary N) is 1. The van der Waals surface area contributed by atoms with Crippen LogP contribution in [0.5, 0.6) is 5.75 Å². The Morgan fingerprint density at radius 1 is 1.07 bits per heavy atom. The maximum Gasteiger partial charge on any atom is 0.258 e. The van der Waals surface area contributed by atoms with Crippen molar-refractivity contribution in [2.24, 2.45) is 0 Å². The van der Waals surface area contributed by atoms with E-state index in [1.807, 2.05) is 60.7 Å². The van der Waals surface area contributed by atoms with Gasteiger partial charge in [0.25, 0.3) is 5.91 Å². The minimum absolute atomic E-state index is 0.286. The molecule has 1 heterocycles. The molecular formula is C23H17FN2O2S. The Balaban J connectivity index is 1.67. The summed E-state index contributed by atoms with van der Waals surface area (Å²) in [6.45, 7) is 0. The Morgan fingerprint density at radius 3 is 2.55 bits per heavy atom. The summed E-state index contributed by atoms with van der Waals surface area (Å²) in [6.07, 6.45) is 1.82. The van der Waals surface area contributed by atoms with Crippen LogP contribution < -0.4 is 10.1 Å². The average molecular weight is 404 g/mol. The van der Waals surface area contributed by atoms with Crippen molar-refractivity contribution in [3.8, 4) is 5.75 Å². The number of nitrogens with zero attached hydrogens (tertiary/aromatic N) is 1. The highest BCUT2D eigenvalue weighted by molar-refractivity contribution is 7.22. The van der Waals surface area contributed by atoms with Gasteiger partial charge in [0.2, 0.25) is 0 Å². The molecule has 0 atom stereocenters. The zero-order chi connectivity index (χ0) is 20.2. The molecule has 0 fully saturated rings. The van der Waals surface area contributed by atoms with Crippen LogP contribution in [-0.4, -0.2) is 18.0 Å². The zero-order valence-electron chi connectivity index (χ0n) is 15.6. The summed E-state index contributed by atoms with van der Waals surface area (Å²) in [7, 11) is 1.61. The predicted octanol–water partition coefficient (Wildman–Crippen LogP) is 5.62. The Bertz CT molecular complexity index is 1180. The van der Waals surface area contributed by atoms with Crippen LogP contribution in [0.1, 0.15) is 11.1 Å². The molecule has 0 saturated carbocycles. The molecule has 1 amide bonds. The summed E-state index contributed by atoms with van der Waals surface area (Å²) in [5, 5.41) is 3.27. The largest absolute Gasteiger partial charge is 0.497 e. The standard InChI is InChI=1S/C23H17FN2O2S/c1-28-18-10-7-15(8-11-18)13-19(16-5-3-2-4-6-16)22(27)26-23-25-20-12-9-17(24)14-21(20)29-23/h2-14H,1H3,(H,25,26,27)/b19-13+. The van der Waals surface area contributed by atoms with Gasteiger partial charge in [-0.15, -0.1) is 0 Å². The predicted molar refractivity (Wildman–Crippen MR) is 116 cm³/mol. The molecule has 29 heavy (non-hydrogen) atoms. The van der Waals surface area contributed by atoms with Crippen LogP contribution in [0.25, 0.3) is 21.9 Å². The van der Waals surface area contributed by atoms with E-state index < -0.39 is 0 Å². The third kappa shape index (κ3) is 4.33. The van der Waals surface area contributed by atoms with Gasteiger partial charge in [-0.3, -0.25) is 10.1 Å². The third-order valence-electron chi connectivity index (χ3n) is 4.33. The van der Waals surface area contributed by atoms with Crippen molar-refractivity contribution in [2.45, 2.75) is 0 Å². The van der Waals surface area contributed by atoms with E-state index in [0.717, 1.165) is 16.9 Å². The number of hydrogen-bond acceptors (Lipinski definition) is 4. The van der Waals surface area contributed by atoms with Crippen molar-refractivity contribution < 1.29 is 13.9 Å². The molecule has 6 heteroatoms. The van der Waals surface area contributed by atoms with Crippen LogP contribution >= 0.6 is 11.3 Å². The Kier molecular flexibility index (Phi) is 5.35. The van der Waals surface area contributed by atoms with E-state index in [9.17, 15) is 9.18 Å². The van der Waals surface area contributed by atoms with Gasteiger partial charge in [0, 0.05) is 5.57 Å². The Labute approximate surface area is 171 Å². The molecule has 0 saturated heterocycles. The van der Waals surface area contributed by atoms with Crippen LogP contribution in [0.4, 0.5) is 9.52 Å². The molecule has 4 rings (SSSR count). The van der Waals surface area contributed by atoms with Crippen LogP contribution in [0.15, 0.2) is 72.8 Å². The first-order valence-corrected chi connectivity index (χ1v) is 9.72. The molecule has 0 radical (unpaired) electrons. The van der Waals surface area contributed by atoms with Gasteiger partial charge in [-0.1, -0.05) is 53.8 Å². The van der Waals surface area contributed by atoms with Crippen molar-refractivity contribution in [3.05, 3.63) is 89.7 Å². The van der Waals surface area contributed by atoms with Gasteiger partial charge in [-0.25, -0.2) is 9.37 Å². The van der Waals surface area contributed by atoms with Gasteiger partial charge in [-0.2, -0.15) is 0 Å². The molecule has 0 aliphatic rings. The lowest BCUT2D eigenvalue weighted by Gasteiger charge is -2.08. The maximum absolute atomic E-state index is 13.4. The van der Waals surface area contributed by atoms with Crippen molar-refractivity contribution in [2.75, 3.05) is 12.4 Å². The number of fused-ring (bicyclic) bond motifs is 1. The maximum atomic E-state index is 13.4. The Morgan fingerprint density at radius 2 is 1.83 bits per heavy atom. The molecule has 0 bridgehead atoms. The number of ether oxygens (including phenoxy) is 1. The highest BCUT2D eigenvalue weighted by Crippen LogP contribution is 2.28. The second-order valence-electron chi connectivity index (χ2n) is 6.28. The molecule has 144 valence electrons. The molecule has 1 aromatic heterocycles. The van der Waals surface area contributed by atoms with Crippen molar-refractivity contribution >= 4 is 44.2 Å². The summed E-state index contributed by atoms with van der Waals surface area (Å²) in [4.78, 5) is 17.4. The first kappa shape index (κ1) is 18.8. The summed E-state index contributed by atoms with van der Waals surface area (Å²) in [6, 6.07) is 21.2. The van der Waals surface area contributed by atoms with Gasteiger partial charge in [0.05, 0.1) is 17.3 Å². The number of methoxy groups -OCH3 is 1. The molecule has 1 N–H and O–H groups in total. The molecule has 4 aromatic rings. The molecule has 4 nitrogen and oxygen atoms in total. The first-order valence-electron chi connectivity index (χ1n) is 8.91. The lowest BCUT2D eigenvalue weighted by Crippen LogP contribution is -2.13. The normalized spacial score (nSPS) is 11.4. The highest BCUT2D eigenvalue weighted by atomic mass is 32.1. The van der Waals surface area contributed by atoms with Gasteiger partial charge >= 0.3 is 0 Å². The van der Waals surface area contributed by atoms with Crippen LogP contribution in [0.3, 0.4) is 0 Å². The topological polar surface area (TPSA) is 51.2 Å². The van der Waals surface area contributed by atoms with E-state index in [0.29, 0.717) is 20.9 Å². The van der Waals surface area contributed by atoms with Crippen LogP contribution in [0.2, 0.25) is 0 Å². The summed E-state index contributed by atoms with van der Waals surface area (Å²) in [5.41, 5.74) is 2.80. The fourth-order valence-electron chi connectivity index (χ4n) is 2.88. The number of anilines is 1. The number of rotatable bonds is 5. The van der Waals surface area contributed by atoms with Crippen LogP contribution in [-0.2, 0) is 4.79 Å². The fourth-order valence-corrected chi connectivity index (χ4v) is 3.77. The van der Waals surface area contributed by atoms with Crippen molar-refractivity contribution in [1.29, 1.82) is 0 Å². The van der Waals surface area contributed by atoms with Gasteiger partial charge < -0.3 is 4.74 Å². The smallest absolute Gasteiger partial charge is 0.258 e. The lowest BCUT2D eigenvalue weighted by molar-refractivity contribution is -0.111. The SMILES string of the molecule is COc1ccc(/C=C(/C(=O)Nc2nc3ccc(F)cc3s2)c2ccccc2)cc1. The second-order valence-corrected chi connectivity index (χ2v) is 7.31. The van der Waals surface area contributed by atoms with E-state index in [4.69, 9.17) is 4.74 Å². The van der Waals surface area contributed by atoms with Gasteiger partial charge in [0.15, 0.2) is 5.13 Å². The molecule has 0 aliphatic carbocycles. The monoisotopic (exact) mass is 404 g/mol. The molecule has 3 aromatic carbocycles. The number of hydrogen-bond donors (Lipinski definition) is 1. The molecule has 0 aliphatic heterocycles. The molecule has 0 spiro atoms. The van der Waals surface area contributed by atoms with Gasteiger partial charge in [0.1, 0.15) is 11.6 Å². The van der Waals surface area contributed by atoms with Crippen molar-refractivity contribution in [1.82, 2.24) is 4.98 Å². The van der Waals surface area contributed by atoms with E-state index in [1.165, 1.54) is 23.5 Å². The summed E-state index contributed by atoms with van der Waals surface area (Å²) < 4.78 is 19.3. The van der Waals surface area contributed by atoms with Crippen LogP contribution in [0, 0.1) is 5.82 Å². The summed E-state index contributed by atoms with van der Waals surface area (Å²) in [5.74, 6) is 0.129. The number of amides is 1. The minimum Gasteiger partial charge on any atom is -0.497 e. The number of carbonyl (C=O) groups is 1. The van der Waals surface area contributed by atoms with E-state index >= 15 is 0 Å². The molecular weight excluding hydrogens is 387 g/mol. The quantitative estimate of drug-likeness (QED) is 0.347. The zero-order valence-corrected chi connectivity index (χ0v) is 16.4. The van der Waals surface area contributed by atoms with E-state index in [2.05, 4.69) is 10.3 Å². The number of benzene rings is 3. The van der Waals surface area contributed by atoms with Crippen molar-refractivity contribution in [3.63, 3.8) is 0 Å². The minimum atomic E-state index is -0.330. The number of thiazole rings is 1. The van der Waals surface area contributed by atoms with Gasteiger partial charge in [-0.05, 0) is 47.5 Å². The fraction of sp³-hybridized carbons (Fsp3) is 0.0435. The Hall–Kier alpha value is -3.51. The number of aromatic nitrogens is 1.